The molecule has 0 N–H and O–H groups in total. The van der Waals surface area contributed by atoms with Gasteiger partial charge < -0.3 is 19.3 Å². The molecule has 3 aromatic rings. The molecule has 2 aromatic carbocycles. The van der Waals surface area contributed by atoms with Gasteiger partial charge in [-0.3, -0.25) is 4.79 Å². The highest BCUT2D eigenvalue weighted by Crippen LogP contribution is 2.22. The average molecular weight is 433 g/mol. The SMILES string of the molecule is COc1ccc(OCCCC(=O)N2CCN(c3cc(-c4ccccc4)ncn3)CC2)cc1. The van der Waals surface area contributed by atoms with Gasteiger partial charge >= 0.3 is 0 Å². The molecular formula is C25H28N4O3. The third-order valence-corrected chi connectivity index (χ3v) is 5.54. The summed E-state index contributed by atoms with van der Waals surface area (Å²) < 4.78 is 10.9. The normalized spacial score (nSPS) is 13.7. The number of piperazine rings is 1. The maximum absolute atomic E-state index is 12.6. The molecule has 0 radical (unpaired) electrons. The fourth-order valence-electron chi connectivity index (χ4n) is 3.72. The van der Waals surface area contributed by atoms with Crippen molar-refractivity contribution in [1.29, 1.82) is 0 Å². The van der Waals surface area contributed by atoms with Gasteiger partial charge in [0.2, 0.25) is 5.91 Å². The second kappa shape index (κ2) is 10.6. The van der Waals surface area contributed by atoms with Gasteiger partial charge in [0.1, 0.15) is 23.6 Å². The summed E-state index contributed by atoms with van der Waals surface area (Å²) >= 11 is 0. The molecule has 0 aliphatic carbocycles. The number of methoxy groups -OCH3 is 1. The molecule has 1 amide bonds. The summed E-state index contributed by atoms with van der Waals surface area (Å²) in [7, 11) is 1.64. The molecule has 0 atom stereocenters. The Balaban J connectivity index is 1.21. The number of carbonyl (C=O) groups is 1. The molecule has 1 aliphatic rings. The first kappa shape index (κ1) is 21.6. The van der Waals surface area contributed by atoms with E-state index in [1.165, 1.54) is 0 Å². The Morgan fingerprint density at radius 1 is 0.938 bits per heavy atom. The summed E-state index contributed by atoms with van der Waals surface area (Å²) in [5.74, 6) is 2.66. The van der Waals surface area contributed by atoms with Crippen molar-refractivity contribution in [2.75, 3.05) is 44.8 Å². The fraction of sp³-hybridized carbons (Fsp3) is 0.320. The van der Waals surface area contributed by atoms with E-state index in [0.717, 1.165) is 41.7 Å². The van der Waals surface area contributed by atoms with E-state index in [1.54, 1.807) is 13.4 Å². The van der Waals surface area contributed by atoms with Crippen LogP contribution in [0.4, 0.5) is 5.82 Å². The standard InChI is InChI=1S/C25H28N4O3/c1-31-21-9-11-22(12-10-21)32-17-5-8-25(30)29-15-13-28(14-16-29)24-18-23(26-19-27-24)20-6-3-2-4-7-20/h2-4,6-7,9-12,18-19H,5,8,13-17H2,1H3. The largest absolute Gasteiger partial charge is 0.497 e. The lowest BCUT2D eigenvalue weighted by Crippen LogP contribution is -2.49. The predicted molar refractivity (Wildman–Crippen MR) is 124 cm³/mol. The van der Waals surface area contributed by atoms with Crippen LogP contribution in [0.25, 0.3) is 11.3 Å². The number of ether oxygens (including phenoxy) is 2. The van der Waals surface area contributed by atoms with E-state index in [9.17, 15) is 4.79 Å². The first-order valence-electron chi connectivity index (χ1n) is 10.9. The average Bonchev–Trinajstić information content (AvgIpc) is 2.87. The van der Waals surface area contributed by atoms with Crippen molar-refractivity contribution < 1.29 is 14.3 Å². The van der Waals surface area contributed by atoms with Crippen LogP contribution in [0.5, 0.6) is 11.5 Å². The molecule has 0 bridgehead atoms. The topological polar surface area (TPSA) is 67.8 Å². The van der Waals surface area contributed by atoms with Crippen LogP contribution >= 0.6 is 0 Å². The van der Waals surface area contributed by atoms with Gasteiger partial charge in [0.15, 0.2) is 0 Å². The van der Waals surface area contributed by atoms with Crippen molar-refractivity contribution in [1.82, 2.24) is 14.9 Å². The monoisotopic (exact) mass is 432 g/mol. The molecule has 1 aromatic heterocycles. The van der Waals surface area contributed by atoms with E-state index in [0.29, 0.717) is 32.5 Å². The Bertz CT molecular complexity index is 1000. The fourth-order valence-corrected chi connectivity index (χ4v) is 3.72. The number of hydrogen-bond acceptors (Lipinski definition) is 6. The zero-order chi connectivity index (χ0) is 22.2. The number of carbonyl (C=O) groups excluding carboxylic acids is 1. The summed E-state index contributed by atoms with van der Waals surface area (Å²) in [6.07, 6.45) is 2.79. The first-order valence-corrected chi connectivity index (χ1v) is 10.9. The summed E-state index contributed by atoms with van der Waals surface area (Å²) in [4.78, 5) is 25.6. The number of benzene rings is 2. The number of hydrogen-bond donors (Lipinski definition) is 0. The van der Waals surface area contributed by atoms with Crippen LogP contribution in [0.3, 0.4) is 0 Å². The molecule has 0 saturated carbocycles. The van der Waals surface area contributed by atoms with Gasteiger partial charge in [0.05, 0.1) is 19.4 Å². The van der Waals surface area contributed by atoms with E-state index < -0.39 is 0 Å². The van der Waals surface area contributed by atoms with Crippen LogP contribution in [-0.4, -0.2) is 60.7 Å². The summed E-state index contributed by atoms with van der Waals surface area (Å²) in [5, 5.41) is 0. The molecule has 4 rings (SSSR count). The van der Waals surface area contributed by atoms with Crippen molar-refractivity contribution in [3.63, 3.8) is 0 Å². The lowest BCUT2D eigenvalue weighted by Gasteiger charge is -2.35. The van der Waals surface area contributed by atoms with Gasteiger partial charge in [-0.05, 0) is 30.7 Å². The van der Waals surface area contributed by atoms with E-state index in [1.807, 2.05) is 65.6 Å². The minimum Gasteiger partial charge on any atom is -0.497 e. The predicted octanol–water partition coefficient (Wildman–Crippen LogP) is 3.66. The molecule has 7 heteroatoms. The number of amides is 1. The van der Waals surface area contributed by atoms with Crippen LogP contribution in [-0.2, 0) is 4.79 Å². The van der Waals surface area contributed by atoms with Gasteiger partial charge in [0, 0.05) is 44.2 Å². The first-order chi connectivity index (χ1) is 15.7. The third-order valence-electron chi connectivity index (χ3n) is 5.54. The third kappa shape index (κ3) is 5.55. The molecule has 1 fully saturated rings. The van der Waals surface area contributed by atoms with Gasteiger partial charge in [-0.2, -0.15) is 0 Å². The van der Waals surface area contributed by atoms with Crippen molar-refractivity contribution in [2.24, 2.45) is 0 Å². The Morgan fingerprint density at radius 2 is 1.66 bits per heavy atom. The van der Waals surface area contributed by atoms with Crippen molar-refractivity contribution in [3.05, 3.63) is 67.0 Å². The Kier molecular flexibility index (Phi) is 7.17. The van der Waals surface area contributed by atoms with Gasteiger partial charge in [0.25, 0.3) is 0 Å². The highest BCUT2D eigenvalue weighted by atomic mass is 16.5. The van der Waals surface area contributed by atoms with Crippen molar-refractivity contribution >= 4 is 11.7 Å². The molecule has 0 spiro atoms. The molecule has 0 unspecified atom stereocenters. The van der Waals surface area contributed by atoms with Gasteiger partial charge in [-0.1, -0.05) is 30.3 Å². The highest BCUT2D eigenvalue weighted by molar-refractivity contribution is 5.76. The molecule has 32 heavy (non-hydrogen) atoms. The van der Waals surface area contributed by atoms with Crippen LogP contribution in [0.2, 0.25) is 0 Å². The van der Waals surface area contributed by atoms with Crippen molar-refractivity contribution in [2.45, 2.75) is 12.8 Å². The van der Waals surface area contributed by atoms with E-state index in [2.05, 4.69) is 14.9 Å². The Labute approximate surface area is 188 Å². The quantitative estimate of drug-likeness (QED) is 0.506. The number of nitrogens with zero attached hydrogens (tertiary/aromatic N) is 4. The van der Waals surface area contributed by atoms with Crippen LogP contribution < -0.4 is 14.4 Å². The van der Waals surface area contributed by atoms with Gasteiger partial charge in [-0.25, -0.2) is 9.97 Å². The Hall–Kier alpha value is -3.61. The summed E-state index contributed by atoms with van der Waals surface area (Å²) in [6, 6.07) is 19.6. The smallest absolute Gasteiger partial charge is 0.222 e. The van der Waals surface area contributed by atoms with E-state index in [4.69, 9.17) is 9.47 Å². The van der Waals surface area contributed by atoms with E-state index >= 15 is 0 Å². The minimum atomic E-state index is 0.177. The maximum atomic E-state index is 12.6. The van der Waals surface area contributed by atoms with E-state index in [-0.39, 0.29) is 5.91 Å². The van der Waals surface area contributed by atoms with Crippen LogP contribution in [0.15, 0.2) is 67.0 Å². The number of rotatable bonds is 8. The van der Waals surface area contributed by atoms with Gasteiger partial charge in [-0.15, -0.1) is 0 Å². The molecular weight excluding hydrogens is 404 g/mol. The van der Waals surface area contributed by atoms with Crippen molar-refractivity contribution in [3.8, 4) is 22.8 Å². The molecule has 166 valence electrons. The van der Waals surface area contributed by atoms with Crippen LogP contribution in [0, 0.1) is 0 Å². The minimum absolute atomic E-state index is 0.177. The summed E-state index contributed by atoms with van der Waals surface area (Å²) in [6.45, 7) is 3.44. The summed E-state index contributed by atoms with van der Waals surface area (Å²) in [5.41, 5.74) is 1.98. The molecule has 2 heterocycles. The second-order valence-electron chi connectivity index (χ2n) is 7.62. The molecule has 1 saturated heterocycles. The van der Waals surface area contributed by atoms with Crippen LogP contribution in [0.1, 0.15) is 12.8 Å². The maximum Gasteiger partial charge on any atom is 0.222 e. The zero-order valence-electron chi connectivity index (χ0n) is 18.3. The molecule has 1 aliphatic heterocycles. The zero-order valence-corrected chi connectivity index (χ0v) is 18.3. The molecule has 7 nitrogen and oxygen atoms in total. The lowest BCUT2D eigenvalue weighted by atomic mass is 10.1. The second-order valence-corrected chi connectivity index (χ2v) is 7.62. The number of aromatic nitrogens is 2. The lowest BCUT2D eigenvalue weighted by molar-refractivity contribution is -0.131. The number of anilines is 1. The highest BCUT2D eigenvalue weighted by Gasteiger charge is 2.22. The Morgan fingerprint density at radius 3 is 2.38 bits per heavy atom.